The summed E-state index contributed by atoms with van der Waals surface area (Å²) in [6.07, 6.45) is 3.72. The van der Waals surface area contributed by atoms with Gasteiger partial charge in [0.1, 0.15) is 0 Å². The molecule has 0 unspecified atom stereocenters. The lowest BCUT2D eigenvalue weighted by Gasteiger charge is -2.37. The van der Waals surface area contributed by atoms with E-state index in [2.05, 4.69) is 9.97 Å². The van der Waals surface area contributed by atoms with Gasteiger partial charge in [0.25, 0.3) is 5.91 Å². The Morgan fingerprint density at radius 2 is 2.00 bits per heavy atom. The van der Waals surface area contributed by atoms with E-state index in [0.717, 1.165) is 46.1 Å². The van der Waals surface area contributed by atoms with Gasteiger partial charge in [-0.3, -0.25) is 4.79 Å². The van der Waals surface area contributed by atoms with E-state index in [-0.39, 0.29) is 11.9 Å². The van der Waals surface area contributed by atoms with Gasteiger partial charge in [-0.2, -0.15) is 0 Å². The van der Waals surface area contributed by atoms with Crippen LogP contribution in [0, 0.1) is 5.92 Å². The quantitative estimate of drug-likeness (QED) is 0.701. The van der Waals surface area contributed by atoms with E-state index in [1.807, 2.05) is 55.1 Å². The van der Waals surface area contributed by atoms with Crippen LogP contribution in [0.3, 0.4) is 0 Å². The molecule has 0 bridgehead atoms. The topological polar surface area (TPSA) is 75.5 Å². The van der Waals surface area contributed by atoms with Gasteiger partial charge in [0, 0.05) is 6.54 Å². The van der Waals surface area contributed by atoms with Gasteiger partial charge in [0.15, 0.2) is 0 Å². The van der Waals surface area contributed by atoms with Crippen LogP contribution in [0.2, 0.25) is 0 Å². The third kappa shape index (κ3) is 3.12. The molecule has 0 spiro atoms. The van der Waals surface area contributed by atoms with Gasteiger partial charge in [-0.05, 0) is 61.4 Å². The van der Waals surface area contributed by atoms with Gasteiger partial charge in [-0.15, -0.1) is 0 Å². The molecule has 3 aromatic rings. The van der Waals surface area contributed by atoms with Crippen molar-refractivity contribution in [3.05, 3.63) is 53.7 Å². The Balaban J connectivity index is 1.56. The van der Waals surface area contributed by atoms with Gasteiger partial charge in [-0.25, -0.2) is 9.97 Å². The molecular formula is C24H25N3O3. The number of rotatable bonds is 5. The third-order valence-electron chi connectivity index (χ3n) is 6.13. The van der Waals surface area contributed by atoms with Crippen molar-refractivity contribution < 1.29 is 14.6 Å². The minimum absolute atomic E-state index is 0.000497. The number of hydrogen-bond donors (Lipinski definition) is 1. The second kappa shape index (κ2) is 6.77. The number of hydrogen-bond acceptors (Lipinski definition) is 5. The molecule has 6 nitrogen and oxygen atoms in total. The molecule has 0 radical (unpaired) electrons. The number of aliphatic hydroxyl groups is 1. The highest BCUT2D eigenvalue weighted by molar-refractivity contribution is 6.05. The van der Waals surface area contributed by atoms with Crippen molar-refractivity contribution in [3.8, 4) is 17.0 Å². The fourth-order valence-corrected chi connectivity index (χ4v) is 4.73. The highest BCUT2D eigenvalue weighted by atomic mass is 16.5. The standard InChI is InChI=1S/C24H25N3O3/c1-24(2,29)22(14-7-8-14)27-13-16-5-4-6-17(21(16)23(27)28)15-9-10-18-19(11-15)25-12-20(26-18)30-3/h4-6,9-12,14,22,29H,7-8,13H2,1-3H3/t22-/m1/s1. The third-order valence-corrected chi connectivity index (χ3v) is 6.13. The lowest BCUT2D eigenvalue weighted by molar-refractivity contribution is -0.0224. The first-order valence-corrected chi connectivity index (χ1v) is 10.3. The van der Waals surface area contributed by atoms with E-state index in [4.69, 9.17) is 4.74 Å². The highest BCUT2D eigenvalue weighted by Crippen LogP contribution is 2.44. The van der Waals surface area contributed by atoms with Crippen LogP contribution in [0.1, 0.15) is 42.6 Å². The number of nitrogens with zero attached hydrogens (tertiary/aromatic N) is 3. The first-order valence-electron chi connectivity index (χ1n) is 10.3. The normalized spacial score (nSPS) is 17.3. The van der Waals surface area contributed by atoms with Crippen molar-refractivity contribution in [2.45, 2.75) is 44.9 Å². The maximum atomic E-state index is 13.5. The Morgan fingerprint density at radius 3 is 2.70 bits per heavy atom. The first kappa shape index (κ1) is 19.0. The molecule has 1 N–H and O–H groups in total. The van der Waals surface area contributed by atoms with Crippen LogP contribution in [0.4, 0.5) is 0 Å². The summed E-state index contributed by atoms with van der Waals surface area (Å²) in [4.78, 5) is 24.3. The average molecular weight is 403 g/mol. The van der Waals surface area contributed by atoms with Crippen LogP contribution in [-0.4, -0.2) is 44.6 Å². The molecule has 1 amide bonds. The molecular weight excluding hydrogens is 378 g/mol. The minimum atomic E-state index is -0.934. The second-order valence-corrected chi connectivity index (χ2v) is 8.82. The van der Waals surface area contributed by atoms with E-state index < -0.39 is 5.60 Å². The number of benzene rings is 2. The predicted molar refractivity (Wildman–Crippen MR) is 114 cm³/mol. The lowest BCUT2D eigenvalue weighted by Crippen LogP contribution is -2.51. The van der Waals surface area contributed by atoms with Crippen molar-refractivity contribution in [2.24, 2.45) is 5.92 Å². The Labute approximate surface area is 175 Å². The summed E-state index contributed by atoms with van der Waals surface area (Å²) in [5.41, 5.74) is 4.12. The molecule has 30 heavy (non-hydrogen) atoms. The largest absolute Gasteiger partial charge is 0.480 e. The van der Waals surface area contributed by atoms with Gasteiger partial charge < -0.3 is 14.7 Å². The number of carbonyl (C=O) groups excluding carboxylic acids is 1. The van der Waals surface area contributed by atoms with Gasteiger partial charge in [0.2, 0.25) is 5.88 Å². The van der Waals surface area contributed by atoms with Gasteiger partial charge in [-0.1, -0.05) is 24.3 Å². The van der Waals surface area contributed by atoms with Crippen LogP contribution in [0.5, 0.6) is 5.88 Å². The molecule has 1 aliphatic carbocycles. The fraction of sp³-hybridized carbons (Fsp3) is 0.375. The van der Waals surface area contributed by atoms with Crippen molar-refractivity contribution in [3.63, 3.8) is 0 Å². The zero-order valence-electron chi connectivity index (χ0n) is 17.4. The monoisotopic (exact) mass is 403 g/mol. The van der Waals surface area contributed by atoms with Crippen molar-refractivity contribution in [1.29, 1.82) is 0 Å². The molecule has 2 aliphatic rings. The highest BCUT2D eigenvalue weighted by Gasteiger charge is 2.48. The summed E-state index contributed by atoms with van der Waals surface area (Å²) >= 11 is 0. The first-order chi connectivity index (χ1) is 14.4. The second-order valence-electron chi connectivity index (χ2n) is 8.82. The SMILES string of the molecule is COc1cnc2cc(-c3cccc4c3C(=O)N([C@H](C3CC3)C(C)(C)O)C4)ccc2n1. The molecule has 2 aromatic carbocycles. The van der Waals surface area contributed by atoms with Crippen molar-refractivity contribution >= 4 is 16.9 Å². The molecule has 1 atom stereocenters. The Morgan fingerprint density at radius 1 is 1.20 bits per heavy atom. The van der Waals surface area contributed by atoms with Crippen LogP contribution < -0.4 is 4.74 Å². The van der Waals surface area contributed by atoms with Crippen LogP contribution in [0.15, 0.2) is 42.6 Å². The summed E-state index contributed by atoms with van der Waals surface area (Å²) < 4.78 is 5.15. The van der Waals surface area contributed by atoms with Crippen LogP contribution in [0.25, 0.3) is 22.2 Å². The van der Waals surface area contributed by atoms with Crippen molar-refractivity contribution in [2.75, 3.05) is 7.11 Å². The Kier molecular flexibility index (Phi) is 4.29. The Bertz CT molecular complexity index is 1150. The average Bonchev–Trinajstić information content (AvgIpc) is 3.50. The molecule has 1 aliphatic heterocycles. The van der Waals surface area contributed by atoms with Crippen LogP contribution >= 0.6 is 0 Å². The number of methoxy groups -OCH3 is 1. The van der Waals surface area contributed by atoms with Gasteiger partial charge in [0.05, 0.1) is 41.5 Å². The molecule has 1 fully saturated rings. The predicted octanol–water partition coefficient (Wildman–Crippen LogP) is 3.81. The summed E-state index contributed by atoms with van der Waals surface area (Å²) in [6.45, 7) is 4.16. The summed E-state index contributed by atoms with van der Waals surface area (Å²) in [6, 6.07) is 11.6. The number of carbonyl (C=O) groups is 1. The molecule has 1 aromatic heterocycles. The van der Waals surface area contributed by atoms with E-state index in [0.29, 0.717) is 18.3 Å². The van der Waals surface area contributed by atoms with E-state index in [1.54, 1.807) is 13.3 Å². The zero-order valence-corrected chi connectivity index (χ0v) is 17.4. The van der Waals surface area contributed by atoms with Crippen molar-refractivity contribution in [1.82, 2.24) is 14.9 Å². The summed E-state index contributed by atoms with van der Waals surface area (Å²) in [5.74, 6) is 0.845. The number of aromatic nitrogens is 2. The van der Waals surface area contributed by atoms with E-state index in [9.17, 15) is 9.90 Å². The summed E-state index contributed by atoms with van der Waals surface area (Å²) in [5, 5.41) is 10.8. The fourth-order valence-electron chi connectivity index (χ4n) is 4.73. The van der Waals surface area contributed by atoms with E-state index in [1.165, 1.54) is 0 Å². The van der Waals surface area contributed by atoms with Gasteiger partial charge >= 0.3 is 0 Å². The molecule has 2 heterocycles. The molecule has 1 saturated carbocycles. The lowest BCUT2D eigenvalue weighted by atomic mass is 9.92. The maximum Gasteiger partial charge on any atom is 0.255 e. The number of ether oxygens (including phenoxy) is 1. The number of amides is 1. The minimum Gasteiger partial charge on any atom is -0.480 e. The molecule has 0 saturated heterocycles. The Hall–Kier alpha value is -2.99. The molecule has 5 rings (SSSR count). The summed E-state index contributed by atoms with van der Waals surface area (Å²) in [7, 11) is 1.57. The number of fused-ring (bicyclic) bond motifs is 2. The van der Waals surface area contributed by atoms with E-state index >= 15 is 0 Å². The molecule has 154 valence electrons. The van der Waals surface area contributed by atoms with Crippen LogP contribution in [-0.2, 0) is 6.54 Å². The smallest absolute Gasteiger partial charge is 0.255 e. The molecule has 6 heteroatoms. The zero-order chi connectivity index (χ0) is 21.0. The maximum absolute atomic E-state index is 13.5.